The van der Waals surface area contributed by atoms with Crippen LogP contribution in [0.15, 0.2) is 0 Å². The summed E-state index contributed by atoms with van der Waals surface area (Å²) in [5.41, 5.74) is 0. The van der Waals surface area contributed by atoms with Gasteiger partial charge in [-0.25, -0.2) is 0 Å². The predicted molar refractivity (Wildman–Crippen MR) is 66.1 cm³/mol. The SMILES string of the molecule is CC(C)N(CPN1CCCC1)C(C)C. The number of hydrogen-bond donors (Lipinski definition) is 0. The molecule has 0 aliphatic carbocycles. The molecule has 1 rings (SSSR count). The Bertz CT molecular complexity index is 145. The van der Waals surface area contributed by atoms with Gasteiger partial charge in [-0.05, 0) is 49.3 Å². The minimum atomic E-state index is 0.685. The van der Waals surface area contributed by atoms with Gasteiger partial charge in [-0.3, -0.25) is 9.57 Å². The van der Waals surface area contributed by atoms with E-state index in [0.717, 1.165) is 8.73 Å². The van der Waals surface area contributed by atoms with E-state index in [4.69, 9.17) is 0 Å². The van der Waals surface area contributed by atoms with Crippen LogP contribution in [0.3, 0.4) is 0 Å². The van der Waals surface area contributed by atoms with Gasteiger partial charge in [-0.15, -0.1) is 0 Å². The van der Waals surface area contributed by atoms with Crippen molar-refractivity contribution in [3.8, 4) is 0 Å². The van der Waals surface area contributed by atoms with Crippen molar-refractivity contribution >= 4 is 8.73 Å². The molecule has 1 aliphatic rings. The lowest BCUT2D eigenvalue weighted by Crippen LogP contribution is -2.37. The Morgan fingerprint density at radius 2 is 1.57 bits per heavy atom. The number of rotatable bonds is 5. The number of nitrogens with zero attached hydrogens (tertiary/aromatic N) is 2. The first-order valence-electron chi connectivity index (χ1n) is 5.85. The third-order valence-corrected chi connectivity index (χ3v) is 4.31. The maximum absolute atomic E-state index is 2.62. The van der Waals surface area contributed by atoms with Crippen LogP contribution in [0.2, 0.25) is 0 Å². The lowest BCUT2D eigenvalue weighted by Gasteiger charge is -2.31. The normalized spacial score (nSPS) is 19.9. The highest BCUT2D eigenvalue weighted by Gasteiger charge is 2.16. The van der Waals surface area contributed by atoms with Gasteiger partial charge in [0.1, 0.15) is 0 Å². The van der Waals surface area contributed by atoms with E-state index >= 15 is 0 Å². The van der Waals surface area contributed by atoms with Crippen LogP contribution < -0.4 is 0 Å². The van der Waals surface area contributed by atoms with Gasteiger partial charge in [0.15, 0.2) is 0 Å². The van der Waals surface area contributed by atoms with Crippen LogP contribution >= 0.6 is 8.73 Å². The Labute approximate surface area is 90.9 Å². The molecular formula is C11H25N2P. The van der Waals surface area contributed by atoms with Gasteiger partial charge in [0.2, 0.25) is 0 Å². The molecule has 84 valence electrons. The van der Waals surface area contributed by atoms with E-state index in [-0.39, 0.29) is 0 Å². The largest absolute Gasteiger partial charge is 0.293 e. The minimum Gasteiger partial charge on any atom is -0.293 e. The maximum atomic E-state index is 2.62. The molecule has 0 spiro atoms. The molecule has 1 aliphatic heterocycles. The van der Waals surface area contributed by atoms with Crippen molar-refractivity contribution in [2.24, 2.45) is 0 Å². The quantitative estimate of drug-likeness (QED) is 0.652. The maximum Gasteiger partial charge on any atom is 0.0295 e. The lowest BCUT2D eigenvalue weighted by molar-refractivity contribution is 0.207. The molecule has 0 saturated carbocycles. The van der Waals surface area contributed by atoms with Crippen molar-refractivity contribution in [3.63, 3.8) is 0 Å². The summed E-state index contributed by atoms with van der Waals surface area (Å²) in [4.78, 5) is 2.59. The third-order valence-electron chi connectivity index (χ3n) is 2.91. The van der Waals surface area contributed by atoms with E-state index in [9.17, 15) is 0 Å². The summed E-state index contributed by atoms with van der Waals surface area (Å²) in [6.07, 6.45) is 4.09. The van der Waals surface area contributed by atoms with E-state index in [1.807, 2.05) is 0 Å². The van der Waals surface area contributed by atoms with Crippen molar-refractivity contribution in [1.29, 1.82) is 0 Å². The second kappa shape index (κ2) is 6.05. The molecule has 1 saturated heterocycles. The molecule has 0 aromatic carbocycles. The molecule has 0 amide bonds. The Hall–Kier alpha value is 0.350. The molecule has 14 heavy (non-hydrogen) atoms. The second-order valence-corrected chi connectivity index (χ2v) is 5.98. The third kappa shape index (κ3) is 3.84. The summed E-state index contributed by atoms with van der Waals surface area (Å²) in [7, 11) is 1.01. The molecule has 1 atom stereocenters. The van der Waals surface area contributed by atoms with Crippen LogP contribution in [-0.4, -0.2) is 41.0 Å². The van der Waals surface area contributed by atoms with Gasteiger partial charge < -0.3 is 0 Å². The first kappa shape index (κ1) is 12.4. The lowest BCUT2D eigenvalue weighted by atomic mass is 10.2. The topological polar surface area (TPSA) is 6.48 Å². The van der Waals surface area contributed by atoms with Gasteiger partial charge in [-0.2, -0.15) is 0 Å². The van der Waals surface area contributed by atoms with Crippen molar-refractivity contribution in [2.45, 2.75) is 52.6 Å². The Kier molecular flexibility index (Phi) is 5.36. The summed E-state index contributed by atoms with van der Waals surface area (Å²) in [5.74, 6) is 0. The zero-order valence-electron chi connectivity index (χ0n) is 10.1. The van der Waals surface area contributed by atoms with Crippen LogP contribution in [0.25, 0.3) is 0 Å². The molecule has 2 nitrogen and oxygen atoms in total. The molecule has 1 fully saturated rings. The fourth-order valence-electron chi connectivity index (χ4n) is 2.02. The molecule has 0 N–H and O–H groups in total. The molecule has 0 bridgehead atoms. The molecule has 1 unspecified atom stereocenters. The van der Waals surface area contributed by atoms with Gasteiger partial charge in [0, 0.05) is 31.5 Å². The summed E-state index contributed by atoms with van der Waals surface area (Å²) >= 11 is 0. The van der Waals surface area contributed by atoms with Gasteiger partial charge in [-0.1, -0.05) is 0 Å². The summed E-state index contributed by atoms with van der Waals surface area (Å²) in [6.45, 7) is 11.9. The van der Waals surface area contributed by atoms with Crippen LogP contribution in [0.1, 0.15) is 40.5 Å². The average molecular weight is 216 g/mol. The first-order valence-corrected chi connectivity index (χ1v) is 7.01. The monoisotopic (exact) mass is 216 g/mol. The zero-order chi connectivity index (χ0) is 10.6. The van der Waals surface area contributed by atoms with Crippen molar-refractivity contribution < 1.29 is 0 Å². The number of hydrogen-bond acceptors (Lipinski definition) is 2. The fourth-order valence-corrected chi connectivity index (χ4v) is 3.74. The predicted octanol–water partition coefficient (Wildman–Crippen LogP) is 2.75. The van der Waals surface area contributed by atoms with Gasteiger partial charge in [0.25, 0.3) is 0 Å². The van der Waals surface area contributed by atoms with Crippen LogP contribution in [-0.2, 0) is 0 Å². The molecule has 0 aromatic heterocycles. The van der Waals surface area contributed by atoms with Crippen LogP contribution in [0, 0.1) is 0 Å². The van der Waals surface area contributed by atoms with Gasteiger partial charge in [0.05, 0.1) is 0 Å². The molecular weight excluding hydrogens is 191 g/mol. The van der Waals surface area contributed by atoms with Crippen molar-refractivity contribution in [1.82, 2.24) is 9.57 Å². The summed E-state index contributed by atoms with van der Waals surface area (Å²) in [6, 6.07) is 1.37. The second-order valence-electron chi connectivity index (χ2n) is 4.71. The van der Waals surface area contributed by atoms with E-state index in [1.54, 1.807) is 0 Å². The van der Waals surface area contributed by atoms with Gasteiger partial charge >= 0.3 is 0 Å². The van der Waals surface area contributed by atoms with E-state index in [0.29, 0.717) is 12.1 Å². The molecule has 0 aromatic rings. The van der Waals surface area contributed by atoms with Crippen molar-refractivity contribution in [3.05, 3.63) is 0 Å². The Morgan fingerprint density at radius 3 is 2.00 bits per heavy atom. The van der Waals surface area contributed by atoms with E-state index in [1.165, 1.54) is 32.2 Å². The fraction of sp³-hybridized carbons (Fsp3) is 1.00. The zero-order valence-corrected chi connectivity index (χ0v) is 11.1. The Balaban J connectivity index is 2.25. The summed E-state index contributed by atoms with van der Waals surface area (Å²) < 4.78 is 2.62. The smallest absolute Gasteiger partial charge is 0.0295 e. The first-order chi connectivity index (χ1) is 6.61. The summed E-state index contributed by atoms with van der Waals surface area (Å²) in [5, 5.41) is 0. The van der Waals surface area contributed by atoms with Crippen molar-refractivity contribution in [2.75, 3.05) is 19.4 Å². The van der Waals surface area contributed by atoms with E-state index in [2.05, 4.69) is 37.3 Å². The highest BCUT2D eigenvalue weighted by molar-refractivity contribution is 7.35. The highest BCUT2D eigenvalue weighted by Crippen LogP contribution is 2.26. The standard InChI is InChI=1S/C11H25N2P/c1-10(2)13(11(3)4)9-14-12-7-5-6-8-12/h10-11,14H,5-9H2,1-4H3. The van der Waals surface area contributed by atoms with Crippen LogP contribution in [0.4, 0.5) is 0 Å². The van der Waals surface area contributed by atoms with E-state index < -0.39 is 0 Å². The molecule has 1 heterocycles. The highest BCUT2D eigenvalue weighted by atomic mass is 31.1. The van der Waals surface area contributed by atoms with Crippen LogP contribution in [0.5, 0.6) is 0 Å². The molecule has 3 heteroatoms. The average Bonchev–Trinajstić information content (AvgIpc) is 2.55. The Morgan fingerprint density at radius 1 is 1.07 bits per heavy atom. The molecule has 0 radical (unpaired) electrons. The minimum absolute atomic E-state index is 0.685.